The third-order valence-corrected chi connectivity index (χ3v) is 8.81. The average Bonchev–Trinajstić information content (AvgIpc) is 2.47. The van der Waals surface area contributed by atoms with Gasteiger partial charge in [0, 0.05) is 6.54 Å². The summed E-state index contributed by atoms with van der Waals surface area (Å²) in [7, 11) is -7.32. The van der Waals surface area contributed by atoms with Crippen LogP contribution in [0.5, 0.6) is 0 Å². The molecule has 0 bridgehead atoms. The summed E-state index contributed by atoms with van der Waals surface area (Å²) in [6.07, 6.45) is 2.49. The molecular formula is C14H31NO6P2. The van der Waals surface area contributed by atoms with Gasteiger partial charge >= 0.3 is 15.2 Å². The molecule has 1 N–H and O–H groups in total. The number of rotatable bonds is 15. The first-order valence-corrected chi connectivity index (χ1v) is 11.3. The van der Waals surface area contributed by atoms with Crippen LogP contribution in [0.15, 0.2) is 12.7 Å². The largest absolute Gasteiger partial charge is 0.347 e. The Hall–Kier alpha value is -0.0000000000000000416. The molecule has 0 aliphatic heterocycles. The lowest BCUT2D eigenvalue weighted by Crippen LogP contribution is -2.30. The van der Waals surface area contributed by atoms with Crippen molar-refractivity contribution in [3.05, 3.63) is 12.7 Å². The first-order chi connectivity index (χ1) is 10.9. The van der Waals surface area contributed by atoms with Crippen molar-refractivity contribution in [3.8, 4) is 0 Å². The third kappa shape index (κ3) is 7.61. The van der Waals surface area contributed by atoms with Gasteiger partial charge < -0.3 is 23.4 Å². The maximum Gasteiger partial charge on any atom is 0.347 e. The van der Waals surface area contributed by atoms with E-state index in [-0.39, 0.29) is 33.0 Å². The molecule has 0 saturated heterocycles. The van der Waals surface area contributed by atoms with E-state index in [1.807, 2.05) is 0 Å². The zero-order valence-electron chi connectivity index (χ0n) is 14.7. The topological polar surface area (TPSA) is 83.1 Å². The van der Waals surface area contributed by atoms with Crippen molar-refractivity contribution >= 4 is 15.2 Å². The molecule has 23 heavy (non-hydrogen) atoms. The molecule has 7 nitrogen and oxygen atoms in total. The van der Waals surface area contributed by atoms with Gasteiger partial charge in [-0.05, 0) is 40.7 Å². The van der Waals surface area contributed by atoms with Crippen molar-refractivity contribution in [2.45, 2.75) is 39.5 Å². The van der Waals surface area contributed by atoms with Crippen LogP contribution in [0.3, 0.4) is 0 Å². The Morgan fingerprint density at radius 1 is 0.913 bits per heavy atom. The van der Waals surface area contributed by atoms with E-state index in [1.54, 1.807) is 33.8 Å². The molecule has 0 heterocycles. The molecule has 0 amide bonds. The fourth-order valence-electron chi connectivity index (χ4n) is 1.97. The third-order valence-electron chi connectivity index (χ3n) is 2.82. The Bertz CT molecular complexity index is 368. The molecule has 0 aliphatic rings. The quantitative estimate of drug-likeness (QED) is 0.264. The summed E-state index contributed by atoms with van der Waals surface area (Å²) in [6.45, 7) is 11.9. The maximum atomic E-state index is 13.1. The van der Waals surface area contributed by atoms with E-state index < -0.39 is 20.6 Å². The SMILES string of the molecule is C=CCCNCC(P(=O)(OCC)OCC)P(=O)(OCC)OCC. The second-order valence-electron chi connectivity index (χ2n) is 4.51. The Balaban J connectivity index is 5.50. The second-order valence-corrected chi connectivity index (χ2v) is 9.36. The van der Waals surface area contributed by atoms with E-state index in [2.05, 4.69) is 11.9 Å². The van der Waals surface area contributed by atoms with Crippen LogP contribution in [-0.2, 0) is 27.2 Å². The fraction of sp³-hybridized carbons (Fsp3) is 0.857. The van der Waals surface area contributed by atoms with Gasteiger partial charge in [0.2, 0.25) is 0 Å². The monoisotopic (exact) mass is 371 g/mol. The molecule has 0 rings (SSSR count). The van der Waals surface area contributed by atoms with Crippen molar-refractivity contribution < 1.29 is 27.2 Å². The van der Waals surface area contributed by atoms with E-state index in [1.165, 1.54) is 0 Å². The Morgan fingerprint density at radius 2 is 1.30 bits per heavy atom. The normalized spacial score (nSPS) is 12.7. The van der Waals surface area contributed by atoms with Crippen molar-refractivity contribution in [3.63, 3.8) is 0 Å². The van der Waals surface area contributed by atoms with E-state index in [9.17, 15) is 9.13 Å². The van der Waals surface area contributed by atoms with Gasteiger partial charge in [-0.15, -0.1) is 6.58 Å². The highest BCUT2D eigenvalue weighted by molar-refractivity contribution is 7.72. The highest BCUT2D eigenvalue weighted by Gasteiger charge is 2.50. The summed E-state index contributed by atoms with van der Waals surface area (Å²) in [5.41, 5.74) is 0. The molecule has 0 spiro atoms. The van der Waals surface area contributed by atoms with Crippen LogP contribution in [0.1, 0.15) is 34.1 Å². The van der Waals surface area contributed by atoms with Gasteiger partial charge in [0.05, 0.1) is 26.4 Å². The van der Waals surface area contributed by atoms with Gasteiger partial charge in [-0.25, -0.2) is 0 Å². The second kappa shape index (κ2) is 12.4. The summed E-state index contributed by atoms with van der Waals surface area (Å²) >= 11 is 0. The number of hydrogen-bond acceptors (Lipinski definition) is 7. The minimum atomic E-state index is -3.66. The average molecular weight is 371 g/mol. The van der Waals surface area contributed by atoms with Gasteiger partial charge in [-0.3, -0.25) is 9.13 Å². The molecule has 0 aromatic heterocycles. The highest BCUT2D eigenvalue weighted by atomic mass is 31.2. The maximum absolute atomic E-state index is 13.1. The lowest BCUT2D eigenvalue weighted by Gasteiger charge is -2.31. The first kappa shape index (κ1) is 23.0. The molecule has 138 valence electrons. The summed E-state index contributed by atoms with van der Waals surface area (Å²) in [6, 6.07) is 0. The molecule has 0 unspecified atom stereocenters. The standard InChI is InChI=1S/C14H31NO6P2/c1-6-11-12-15-13-14(22(16,18-7-2)19-8-3)23(17,20-9-4)21-10-5/h6,14-15H,1,7-13H2,2-5H3. The Labute approximate surface area is 140 Å². The highest BCUT2D eigenvalue weighted by Crippen LogP contribution is 2.70. The molecular weight excluding hydrogens is 340 g/mol. The van der Waals surface area contributed by atoms with E-state index >= 15 is 0 Å². The van der Waals surface area contributed by atoms with Crippen LogP contribution >= 0.6 is 15.2 Å². The Morgan fingerprint density at radius 3 is 1.61 bits per heavy atom. The summed E-state index contributed by atoms with van der Waals surface area (Å²) in [4.78, 5) is 0. The zero-order valence-corrected chi connectivity index (χ0v) is 16.4. The first-order valence-electron chi connectivity index (χ1n) is 8.03. The van der Waals surface area contributed by atoms with Crippen molar-refractivity contribution in [1.29, 1.82) is 0 Å². The van der Waals surface area contributed by atoms with Crippen molar-refractivity contribution in [1.82, 2.24) is 5.32 Å². The molecule has 0 saturated carbocycles. The molecule has 0 aromatic carbocycles. The molecule has 0 aliphatic carbocycles. The molecule has 0 radical (unpaired) electrons. The van der Waals surface area contributed by atoms with E-state index in [4.69, 9.17) is 18.1 Å². The van der Waals surface area contributed by atoms with Crippen LogP contribution in [0, 0.1) is 0 Å². The minimum Gasteiger partial charge on any atom is -0.315 e. The van der Waals surface area contributed by atoms with Gasteiger partial charge in [-0.1, -0.05) is 6.08 Å². The number of hydrogen-bond donors (Lipinski definition) is 1. The van der Waals surface area contributed by atoms with Crippen molar-refractivity contribution in [2.75, 3.05) is 39.5 Å². The van der Waals surface area contributed by atoms with Crippen molar-refractivity contribution in [2.24, 2.45) is 0 Å². The predicted octanol–water partition coefficient (Wildman–Crippen LogP) is 4.01. The van der Waals surface area contributed by atoms with Gasteiger partial charge in [0.25, 0.3) is 0 Å². The molecule has 9 heteroatoms. The molecule has 0 atom stereocenters. The van der Waals surface area contributed by atoms with Crippen LogP contribution in [-0.4, -0.2) is 44.9 Å². The predicted molar refractivity (Wildman–Crippen MR) is 93.2 cm³/mol. The van der Waals surface area contributed by atoms with Crippen LogP contribution in [0.4, 0.5) is 0 Å². The zero-order chi connectivity index (χ0) is 17.8. The van der Waals surface area contributed by atoms with E-state index in [0.717, 1.165) is 6.42 Å². The Kier molecular flexibility index (Phi) is 12.4. The van der Waals surface area contributed by atoms with Crippen LogP contribution in [0.2, 0.25) is 0 Å². The minimum absolute atomic E-state index is 0.141. The molecule has 0 fully saturated rings. The van der Waals surface area contributed by atoms with Crippen LogP contribution in [0.25, 0.3) is 0 Å². The summed E-state index contributed by atoms with van der Waals surface area (Å²) in [5, 5.41) is 2.08. The lowest BCUT2D eigenvalue weighted by atomic mass is 10.4. The molecule has 0 aromatic rings. The number of nitrogens with one attached hydrogen (secondary N) is 1. The van der Waals surface area contributed by atoms with Gasteiger partial charge in [0.1, 0.15) is 0 Å². The smallest absolute Gasteiger partial charge is 0.315 e. The fourth-order valence-corrected chi connectivity index (χ4v) is 7.14. The van der Waals surface area contributed by atoms with Gasteiger partial charge in [-0.2, -0.15) is 0 Å². The van der Waals surface area contributed by atoms with Crippen LogP contribution < -0.4 is 5.32 Å². The van der Waals surface area contributed by atoms with Gasteiger partial charge in [0.15, 0.2) is 5.40 Å². The lowest BCUT2D eigenvalue weighted by molar-refractivity contribution is 0.194. The summed E-state index contributed by atoms with van der Waals surface area (Å²) < 4.78 is 47.7. The summed E-state index contributed by atoms with van der Waals surface area (Å²) in [5.74, 6) is 0. The van der Waals surface area contributed by atoms with E-state index in [0.29, 0.717) is 6.54 Å².